The van der Waals surface area contributed by atoms with Crippen molar-refractivity contribution in [3.63, 3.8) is 0 Å². The molecule has 2 N–H and O–H groups in total. The Hall–Kier alpha value is -1.33. The van der Waals surface area contributed by atoms with Crippen LogP contribution in [0.2, 0.25) is 0 Å². The fourth-order valence-corrected chi connectivity index (χ4v) is 2.29. The second-order valence-electron chi connectivity index (χ2n) is 4.77. The minimum absolute atomic E-state index is 0. The average Bonchev–Trinajstić information content (AvgIpc) is 2.46. The topological polar surface area (TPSA) is 50.4 Å². The zero-order valence-electron chi connectivity index (χ0n) is 11.4. The minimum Gasteiger partial charge on any atom is -0.496 e. The van der Waals surface area contributed by atoms with Gasteiger partial charge < -0.3 is 15.4 Å². The van der Waals surface area contributed by atoms with E-state index in [-0.39, 0.29) is 23.9 Å². The van der Waals surface area contributed by atoms with E-state index in [1.807, 2.05) is 0 Å². The zero-order valence-corrected chi connectivity index (χ0v) is 12.3. The third kappa shape index (κ3) is 4.35. The second-order valence-corrected chi connectivity index (χ2v) is 4.77. The SMILES string of the molecule is COc1ccc(F)cc1C(=O)NCC1CCCNC1.Cl. The number of rotatable bonds is 4. The van der Waals surface area contributed by atoms with Gasteiger partial charge in [0.05, 0.1) is 12.7 Å². The monoisotopic (exact) mass is 302 g/mol. The molecular weight excluding hydrogens is 283 g/mol. The summed E-state index contributed by atoms with van der Waals surface area (Å²) in [5.74, 6) is 0.102. The molecule has 1 fully saturated rings. The first-order chi connectivity index (χ1) is 9.20. The lowest BCUT2D eigenvalue weighted by atomic mass is 9.99. The Labute approximate surface area is 124 Å². The molecule has 6 heteroatoms. The Morgan fingerprint density at radius 3 is 3.00 bits per heavy atom. The van der Waals surface area contributed by atoms with E-state index in [0.29, 0.717) is 18.2 Å². The van der Waals surface area contributed by atoms with Crippen molar-refractivity contribution in [1.29, 1.82) is 0 Å². The number of nitrogens with one attached hydrogen (secondary N) is 2. The fraction of sp³-hybridized carbons (Fsp3) is 0.500. The van der Waals surface area contributed by atoms with Gasteiger partial charge in [-0.3, -0.25) is 4.79 Å². The van der Waals surface area contributed by atoms with E-state index in [4.69, 9.17) is 4.74 Å². The van der Waals surface area contributed by atoms with Gasteiger partial charge in [-0.05, 0) is 50.0 Å². The Balaban J connectivity index is 0.00000200. The van der Waals surface area contributed by atoms with Crippen LogP contribution in [0, 0.1) is 11.7 Å². The van der Waals surface area contributed by atoms with Gasteiger partial charge in [0.15, 0.2) is 0 Å². The molecule has 0 bridgehead atoms. The number of carbonyl (C=O) groups excluding carboxylic acids is 1. The quantitative estimate of drug-likeness (QED) is 0.894. The number of benzene rings is 1. The average molecular weight is 303 g/mol. The Kier molecular flexibility index (Phi) is 6.75. The number of carbonyl (C=O) groups is 1. The Morgan fingerprint density at radius 2 is 2.35 bits per heavy atom. The maximum atomic E-state index is 13.2. The number of amides is 1. The second kappa shape index (κ2) is 8.07. The van der Waals surface area contributed by atoms with E-state index in [9.17, 15) is 9.18 Å². The molecular formula is C14H20ClFN2O2. The van der Waals surface area contributed by atoms with Gasteiger partial charge in [-0.25, -0.2) is 4.39 Å². The van der Waals surface area contributed by atoms with Gasteiger partial charge in [-0.1, -0.05) is 0 Å². The lowest BCUT2D eigenvalue weighted by molar-refractivity contribution is 0.0941. The third-order valence-corrected chi connectivity index (χ3v) is 3.36. The molecule has 1 aliphatic rings. The lowest BCUT2D eigenvalue weighted by Gasteiger charge is -2.23. The first kappa shape index (κ1) is 16.7. The van der Waals surface area contributed by atoms with Crippen LogP contribution in [0.15, 0.2) is 18.2 Å². The molecule has 4 nitrogen and oxygen atoms in total. The van der Waals surface area contributed by atoms with Gasteiger partial charge in [-0.15, -0.1) is 12.4 Å². The van der Waals surface area contributed by atoms with Crippen LogP contribution in [0.1, 0.15) is 23.2 Å². The van der Waals surface area contributed by atoms with Crippen molar-refractivity contribution >= 4 is 18.3 Å². The van der Waals surface area contributed by atoms with Crippen LogP contribution in [0.3, 0.4) is 0 Å². The van der Waals surface area contributed by atoms with Crippen LogP contribution in [0.4, 0.5) is 4.39 Å². The molecule has 1 saturated heterocycles. The van der Waals surface area contributed by atoms with Crippen molar-refractivity contribution < 1.29 is 13.9 Å². The van der Waals surface area contributed by atoms with Crippen LogP contribution in [0.5, 0.6) is 5.75 Å². The van der Waals surface area contributed by atoms with Crippen molar-refractivity contribution in [2.75, 3.05) is 26.7 Å². The molecule has 1 aliphatic heterocycles. The molecule has 1 aromatic carbocycles. The molecule has 0 aromatic heterocycles. The summed E-state index contributed by atoms with van der Waals surface area (Å²) in [5.41, 5.74) is 0.242. The van der Waals surface area contributed by atoms with E-state index < -0.39 is 5.82 Å². The van der Waals surface area contributed by atoms with E-state index >= 15 is 0 Å². The molecule has 1 aromatic rings. The largest absolute Gasteiger partial charge is 0.496 e. The number of hydrogen-bond donors (Lipinski definition) is 2. The first-order valence-electron chi connectivity index (χ1n) is 6.53. The number of ether oxygens (including phenoxy) is 1. The highest BCUT2D eigenvalue weighted by atomic mass is 35.5. The molecule has 20 heavy (non-hydrogen) atoms. The number of halogens is 2. The molecule has 112 valence electrons. The zero-order chi connectivity index (χ0) is 13.7. The molecule has 1 unspecified atom stereocenters. The van der Waals surface area contributed by atoms with Gasteiger partial charge in [0.25, 0.3) is 5.91 Å². The summed E-state index contributed by atoms with van der Waals surface area (Å²) in [6.45, 7) is 2.56. The molecule has 2 rings (SSSR count). The maximum absolute atomic E-state index is 13.2. The summed E-state index contributed by atoms with van der Waals surface area (Å²) in [5, 5.41) is 6.14. The fourth-order valence-electron chi connectivity index (χ4n) is 2.29. The van der Waals surface area contributed by atoms with Crippen LogP contribution >= 0.6 is 12.4 Å². The molecule has 0 spiro atoms. The van der Waals surface area contributed by atoms with Crippen LogP contribution in [0.25, 0.3) is 0 Å². The van der Waals surface area contributed by atoms with Crippen molar-refractivity contribution in [1.82, 2.24) is 10.6 Å². The Morgan fingerprint density at radius 1 is 1.55 bits per heavy atom. The molecule has 0 aliphatic carbocycles. The van der Waals surface area contributed by atoms with Crippen LogP contribution in [-0.2, 0) is 0 Å². The van der Waals surface area contributed by atoms with Gasteiger partial charge in [0.1, 0.15) is 11.6 Å². The summed E-state index contributed by atoms with van der Waals surface area (Å²) in [6, 6.07) is 3.94. The molecule has 0 saturated carbocycles. The maximum Gasteiger partial charge on any atom is 0.255 e. The summed E-state index contributed by atoms with van der Waals surface area (Å²) in [6.07, 6.45) is 2.23. The number of hydrogen-bond acceptors (Lipinski definition) is 3. The van der Waals surface area contributed by atoms with Gasteiger partial charge >= 0.3 is 0 Å². The van der Waals surface area contributed by atoms with E-state index in [0.717, 1.165) is 25.9 Å². The minimum atomic E-state index is -0.440. The summed E-state index contributed by atoms with van der Waals surface area (Å²) in [4.78, 5) is 12.0. The van der Waals surface area contributed by atoms with Crippen molar-refractivity contribution in [2.24, 2.45) is 5.92 Å². The van der Waals surface area contributed by atoms with Crippen molar-refractivity contribution in [3.05, 3.63) is 29.6 Å². The van der Waals surface area contributed by atoms with E-state index in [1.54, 1.807) is 0 Å². The number of methoxy groups -OCH3 is 1. The van der Waals surface area contributed by atoms with Crippen molar-refractivity contribution in [2.45, 2.75) is 12.8 Å². The predicted octanol–water partition coefficient (Wildman–Crippen LogP) is 1.99. The standard InChI is InChI=1S/C14H19FN2O2.ClH/c1-19-13-5-4-11(15)7-12(13)14(18)17-9-10-3-2-6-16-8-10;/h4-5,7,10,16H,2-3,6,8-9H2,1H3,(H,17,18);1H. The smallest absolute Gasteiger partial charge is 0.255 e. The Bertz CT molecular complexity index is 451. The van der Waals surface area contributed by atoms with Crippen molar-refractivity contribution in [3.8, 4) is 5.75 Å². The van der Waals surface area contributed by atoms with E-state index in [2.05, 4.69) is 10.6 Å². The first-order valence-corrected chi connectivity index (χ1v) is 6.53. The highest BCUT2D eigenvalue weighted by Gasteiger charge is 2.17. The molecule has 1 atom stereocenters. The third-order valence-electron chi connectivity index (χ3n) is 3.36. The molecule has 1 amide bonds. The van der Waals surface area contributed by atoms with E-state index in [1.165, 1.54) is 25.3 Å². The van der Waals surface area contributed by atoms with Crippen LogP contribution in [-0.4, -0.2) is 32.7 Å². The summed E-state index contributed by atoms with van der Waals surface area (Å²) >= 11 is 0. The normalized spacial score (nSPS) is 18.0. The van der Waals surface area contributed by atoms with Gasteiger partial charge in [0, 0.05) is 6.54 Å². The van der Waals surface area contributed by atoms with Crippen LogP contribution < -0.4 is 15.4 Å². The highest BCUT2D eigenvalue weighted by Crippen LogP contribution is 2.19. The number of piperidine rings is 1. The van der Waals surface area contributed by atoms with Gasteiger partial charge in [0.2, 0.25) is 0 Å². The predicted molar refractivity (Wildman–Crippen MR) is 78.1 cm³/mol. The molecule has 0 radical (unpaired) electrons. The highest BCUT2D eigenvalue weighted by molar-refractivity contribution is 5.96. The molecule has 1 heterocycles. The lowest BCUT2D eigenvalue weighted by Crippen LogP contribution is -2.38. The summed E-state index contributed by atoms with van der Waals surface area (Å²) in [7, 11) is 1.47. The van der Waals surface area contributed by atoms with Gasteiger partial charge in [-0.2, -0.15) is 0 Å². The summed E-state index contributed by atoms with van der Waals surface area (Å²) < 4.78 is 18.3.